The number of hydrogen-bond acceptors (Lipinski definition) is 5. The van der Waals surface area contributed by atoms with Crippen LogP contribution >= 0.6 is 11.8 Å². The average Bonchev–Trinajstić information content (AvgIpc) is 2.63. The predicted octanol–water partition coefficient (Wildman–Crippen LogP) is 3.96. The summed E-state index contributed by atoms with van der Waals surface area (Å²) in [4.78, 5) is 19.0. The zero-order chi connectivity index (χ0) is 17.8. The molecule has 0 bridgehead atoms. The van der Waals surface area contributed by atoms with Crippen LogP contribution in [-0.4, -0.2) is 16.2 Å². The van der Waals surface area contributed by atoms with E-state index in [1.54, 1.807) is 42.7 Å². The van der Waals surface area contributed by atoms with Gasteiger partial charge < -0.3 is 9.72 Å². The number of aromatic amines is 1. The molecule has 0 saturated carbocycles. The highest BCUT2D eigenvalue weighted by Crippen LogP contribution is 2.34. The minimum absolute atomic E-state index is 0.0448. The van der Waals surface area contributed by atoms with E-state index in [4.69, 9.17) is 4.74 Å². The molecule has 0 aliphatic rings. The van der Waals surface area contributed by atoms with Crippen molar-refractivity contribution in [3.63, 3.8) is 0 Å². The minimum Gasteiger partial charge on any atom is -0.454 e. The zero-order valence-electron chi connectivity index (χ0n) is 13.1. The number of para-hydroxylation sites is 2. The van der Waals surface area contributed by atoms with E-state index >= 15 is 0 Å². The smallest absolute Gasteiger partial charge is 0.270 e. The van der Waals surface area contributed by atoms with Crippen molar-refractivity contribution in [2.24, 2.45) is 0 Å². The van der Waals surface area contributed by atoms with Crippen LogP contribution in [0.3, 0.4) is 0 Å². The van der Waals surface area contributed by atoms with E-state index in [0.29, 0.717) is 16.5 Å². The summed E-state index contributed by atoms with van der Waals surface area (Å²) in [6.45, 7) is 0. The van der Waals surface area contributed by atoms with Gasteiger partial charge in [-0.15, -0.1) is 0 Å². The van der Waals surface area contributed by atoms with E-state index in [2.05, 4.69) is 9.97 Å². The Balaban J connectivity index is 2.17. The number of nitrogens with zero attached hydrogens (tertiary/aromatic N) is 2. The lowest BCUT2D eigenvalue weighted by atomic mass is 10.1. The molecule has 1 aromatic heterocycles. The van der Waals surface area contributed by atoms with Crippen LogP contribution in [-0.2, 0) is 0 Å². The third-order valence-electron chi connectivity index (χ3n) is 3.40. The standard InChI is InChI=1S/C18H12FN3O2S/c1-25-18-21-16(12(10-20)17(23)22-18)11-6-2-4-8-14(11)24-15-9-5-3-7-13(15)19/h2-9H,1H3,(H,21,22,23). The molecule has 1 heterocycles. The van der Waals surface area contributed by atoms with Gasteiger partial charge in [-0.1, -0.05) is 36.0 Å². The van der Waals surface area contributed by atoms with Gasteiger partial charge in [-0.25, -0.2) is 9.37 Å². The second kappa shape index (κ2) is 7.20. The number of nitrogens with one attached hydrogen (secondary N) is 1. The second-order valence-corrected chi connectivity index (χ2v) is 5.73. The van der Waals surface area contributed by atoms with Gasteiger partial charge in [0.25, 0.3) is 5.56 Å². The monoisotopic (exact) mass is 353 g/mol. The van der Waals surface area contributed by atoms with Crippen molar-refractivity contribution < 1.29 is 9.13 Å². The van der Waals surface area contributed by atoms with Crippen LogP contribution in [0.25, 0.3) is 11.3 Å². The molecule has 0 spiro atoms. The fourth-order valence-corrected chi connectivity index (χ4v) is 2.62. The number of thioether (sulfide) groups is 1. The van der Waals surface area contributed by atoms with E-state index in [-0.39, 0.29) is 17.0 Å². The molecule has 3 rings (SSSR count). The van der Waals surface area contributed by atoms with Crippen molar-refractivity contribution in [3.8, 4) is 28.8 Å². The fraction of sp³-hybridized carbons (Fsp3) is 0.0556. The van der Waals surface area contributed by atoms with Gasteiger partial charge in [0.15, 0.2) is 16.7 Å². The van der Waals surface area contributed by atoms with Crippen LogP contribution in [0.15, 0.2) is 58.5 Å². The Morgan fingerprint density at radius 1 is 1.16 bits per heavy atom. The molecule has 7 heteroatoms. The fourth-order valence-electron chi connectivity index (χ4n) is 2.25. The summed E-state index contributed by atoms with van der Waals surface area (Å²) in [6.07, 6.45) is 1.76. The maximum absolute atomic E-state index is 13.9. The van der Waals surface area contributed by atoms with Crippen molar-refractivity contribution in [3.05, 3.63) is 70.3 Å². The van der Waals surface area contributed by atoms with Gasteiger partial charge in [-0.3, -0.25) is 4.79 Å². The number of benzene rings is 2. The van der Waals surface area contributed by atoms with Crippen molar-refractivity contribution in [1.29, 1.82) is 5.26 Å². The Hall–Kier alpha value is -3.11. The molecule has 0 aliphatic carbocycles. The molecule has 0 fully saturated rings. The Morgan fingerprint density at radius 3 is 2.52 bits per heavy atom. The number of halogens is 1. The first kappa shape index (κ1) is 16.7. The number of rotatable bonds is 4. The minimum atomic E-state index is -0.530. The van der Waals surface area contributed by atoms with Crippen LogP contribution in [0.5, 0.6) is 11.5 Å². The summed E-state index contributed by atoms with van der Waals surface area (Å²) in [6, 6.07) is 14.6. The Labute approximate surface area is 147 Å². The highest BCUT2D eigenvalue weighted by molar-refractivity contribution is 7.98. The number of aromatic nitrogens is 2. The highest BCUT2D eigenvalue weighted by Gasteiger charge is 2.17. The van der Waals surface area contributed by atoms with Crippen molar-refractivity contribution in [1.82, 2.24) is 9.97 Å². The summed E-state index contributed by atoms with van der Waals surface area (Å²) >= 11 is 1.25. The van der Waals surface area contributed by atoms with E-state index < -0.39 is 11.4 Å². The number of ether oxygens (including phenoxy) is 1. The van der Waals surface area contributed by atoms with E-state index in [0.717, 1.165) is 0 Å². The molecular weight excluding hydrogens is 341 g/mol. The lowest BCUT2D eigenvalue weighted by Gasteiger charge is -2.12. The molecule has 0 amide bonds. The van der Waals surface area contributed by atoms with Gasteiger partial charge in [0.05, 0.1) is 0 Å². The first-order chi connectivity index (χ1) is 12.1. The number of H-pyrrole nitrogens is 1. The molecule has 124 valence electrons. The molecular formula is C18H12FN3O2S. The Morgan fingerprint density at radius 2 is 1.84 bits per heavy atom. The molecule has 0 radical (unpaired) electrons. The molecule has 2 aromatic carbocycles. The summed E-state index contributed by atoms with van der Waals surface area (Å²) in [5.41, 5.74) is -0.0221. The topological polar surface area (TPSA) is 78.8 Å². The first-order valence-corrected chi connectivity index (χ1v) is 8.46. The predicted molar refractivity (Wildman–Crippen MR) is 93.3 cm³/mol. The lowest BCUT2D eigenvalue weighted by Crippen LogP contribution is -2.14. The van der Waals surface area contributed by atoms with Gasteiger partial charge in [-0.2, -0.15) is 5.26 Å². The van der Waals surface area contributed by atoms with Crippen LogP contribution in [0.2, 0.25) is 0 Å². The van der Waals surface area contributed by atoms with E-state index in [1.807, 2.05) is 6.07 Å². The zero-order valence-corrected chi connectivity index (χ0v) is 13.9. The quantitative estimate of drug-likeness (QED) is 0.567. The Bertz CT molecular complexity index is 1030. The van der Waals surface area contributed by atoms with Gasteiger partial charge in [0.2, 0.25) is 0 Å². The van der Waals surface area contributed by atoms with Crippen molar-refractivity contribution in [2.45, 2.75) is 5.16 Å². The highest BCUT2D eigenvalue weighted by atomic mass is 32.2. The van der Waals surface area contributed by atoms with Crippen LogP contribution in [0, 0.1) is 17.1 Å². The van der Waals surface area contributed by atoms with Crippen molar-refractivity contribution >= 4 is 11.8 Å². The summed E-state index contributed by atoms with van der Waals surface area (Å²) in [5, 5.41) is 9.71. The normalized spacial score (nSPS) is 10.3. The van der Waals surface area contributed by atoms with Gasteiger partial charge >= 0.3 is 0 Å². The van der Waals surface area contributed by atoms with Crippen LogP contribution in [0.1, 0.15) is 5.56 Å². The number of nitriles is 1. The van der Waals surface area contributed by atoms with Crippen LogP contribution in [0.4, 0.5) is 4.39 Å². The second-order valence-electron chi connectivity index (χ2n) is 4.94. The summed E-state index contributed by atoms with van der Waals surface area (Å²) in [5.74, 6) is -0.167. The van der Waals surface area contributed by atoms with Crippen LogP contribution < -0.4 is 10.3 Å². The summed E-state index contributed by atoms with van der Waals surface area (Å²) < 4.78 is 19.6. The van der Waals surface area contributed by atoms with E-state index in [1.165, 1.54) is 23.9 Å². The molecule has 3 aromatic rings. The maximum Gasteiger partial charge on any atom is 0.270 e. The SMILES string of the molecule is CSc1nc(-c2ccccc2Oc2ccccc2F)c(C#N)c(=O)[nH]1. The molecule has 0 atom stereocenters. The number of hydrogen-bond donors (Lipinski definition) is 1. The molecule has 0 aliphatic heterocycles. The molecule has 5 nitrogen and oxygen atoms in total. The van der Waals surface area contributed by atoms with Crippen molar-refractivity contribution in [2.75, 3.05) is 6.26 Å². The third kappa shape index (κ3) is 3.39. The maximum atomic E-state index is 13.9. The summed E-state index contributed by atoms with van der Waals surface area (Å²) in [7, 11) is 0. The molecule has 1 N–H and O–H groups in total. The lowest BCUT2D eigenvalue weighted by molar-refractivity contribution is 0.443. The Kier molecular flexibility index (Phi) is 4.82. The van der Waals surface area contributed by atoms with E-state index in [9.17, 15) is 14.4 Å². The van der Waals surface area contributed by atoms with Gasteiger partial charge in [0.1, 0.15) is 23.1 Å². The first-order valence-electron chi connectivity index (χ1n) is 7.24. The molecule has 0 saturated heterocycles. The van der Waals surface area contributed by atoms with Gasteiger partial charge in [0, 0.05) is 5.56 Å². The third-order valence-corrected chi connectivity index (χ3v) is 3.98. The largest absolute Gasteiger partial charge is 0.454 e. The van der Waals surface area contributed by atoms with Gasteiger partial charge in [-0.05, 0) is 30.5 Å². The average molecular weight is 353 g/mol. The molecule has 25 heavy (non-hydrogen) atoms. The molecule has 0 unspecified atom stereocenters.